The van der Waals surface area contributed by atoms with Gasteiger partial charge in [0.15, 0.2) is 6.29 Å². The molecule has 2 N–H and O–H groups in total. The summed E-state index contributed by atoms with van der Waals surface area (Å²) in [6.45, 7) is 0. The van der Waals surface area contributed by atoms with E-state index in [-0.39, 0.29) is 22.1 Å². The number of carbonyl (C=O) groups excluding carboxylic acids is 1. The van der Waals surface area contributed by atoms with Gasteiger partial charge in [-0.05, 0) is 23.8 Å². The highest BCUT2D eigenvalue weighted by molar-refractivity contribution is 6.35. The maximum absolute atomic E-state index is 10.6. The first-order chi connectivity index (χ1) is 8.13. The Balaban J connectivity index is 2.57. The predicted molar refractivity (Wildman–Crippen MR) is 65.6 cm³/mol. The lowest BCUT2D eigenvalue weighted by Crippen LogP contribution is -1.86. The molecule has 0 atom stereocenters. The minimum Gasteiger partial charge on any atom is -0.508 e. The molecule has 17 heavy (non-hydrogen) atoms. The topological polar surface area (TPSA) is 57.5 Å². The first-order valence-corrected chi connectivity index (χ1v) is 5.27. The molecular weight excluding hydrogens is 240 g/mol. The van der Waals surface area contributed by atoms with E-state index in [4.69, 9.17) is 11.6 Å². The van der Waals surface area contributed by atoms with Gasteiger partial charge in [0.2, 0.25) is 0 Å². The van der Waals surface area contributed by atoms with Crippen LogP contribution in [-0.4, -0.2) is 16.5 Å². The Hall–Kier alpha value is -2.00. The third-order valence-corrected chi connectivity index (χ3v) is 2.84. The molecule has 0 fully saturated rings. The van der Waals surface area contributed by atoms with Crippen molar-refractivity contribution in [2.75, 3.05) is 0 Å². The fourth-order valence-electron chi connectivity index (χ4n) is 1.54. The number of phenolic OH excluding ortho intramolecular Hbond substituents is 2. The summed E-state index contributed by atoms with van der Waals surface area (Å²) in [6, 6.07) is 9.55. The molecule has 0 saturated heterocycles. The second-order valence-electron chi connectivity index (χ2n) is 3.53. The highest BCUT2D eigenvalue weighted by Crippen LogP contribution is 2.36. The van der Waals surface area contributed by atoms with Crippen LogP contribution in [0.3, 0.4) is 0 Å². The minimum absolute atomic E-state index is 0.125. The fourth-order valence-corrected chi connectivity index (χ4v) is 1.82. The molecule has 86 valence electrons. The molecule has 0 aliphatic carbocycles. The van der Waals surface area contributed by atoms with Gasteiger partial charge in [0, 0.05) is 5.56 Å². The molecule has 2 aromatic rings. The molecule has 3 nitrogen and oxygen atoms in total. The van der Waals surface area contributed by atoms with E-state index in [0.717, 1.165) is 5.56 Å². The normalized spacial score (nSPS) is 10.2. The summed E-state index contributed by atoms with van der Waals surface area (Å²) in [5.74, 6) is -0.0779. The summed E-state index contributed by atoms with van der Waals surface area (Å²) < 4.78 is 0. The molecule has 0 bridgehead atoms. The largest absolute Gasteiger partial charge is 0.508 e. The summed E-state index contributed by atoms with van der Waals surface area (Å²) in [5, 5.41) is 19.0. The molecule has 2 rings (SSSR count). The highest BCUT2D eigenvalue weighted by atomic mass is 35.5. The molecule has 0 aliphatic heterocycles. The Kier molecular flexibility index (Phi) is 3.02. The number of rotatable bonds is 2. The SMILES string of the molecule is O=Cc1ccc(-c2ccc(O)cc2)c(Cl)c1O. The van der Waals surface area contributed by atoms with Gasteiger partial charge >= 0.3 is 0 Å². The van der Waals surface area contributed by atoms with E-state index in [2.05, 4.69) is 0 Å². The van der Waals surface area contributed by atoms with Crippen molar-refractivity contribution in [3.63, 3.8) is 0 Å². The van der Waals surface area contributed by atoms with Crippen molar-refractivity contribution in [2.24, 2.45) is 0 Å². The molecule has 0 amide bonds. The van der Waals surface area contributed by atoms with Crippen LogP contribution < -0.4 is 0 Å². The van der Waals surface area contributed by atoms with Gasteiger partial charge in [0.1, 0.15) is 11.5 Å². The number of carbonyl (C=O) groups is 1. The molecule has 0 saturated carbocycles. The summed E-state index contributed by atoms with van der Waals surface area (Å²) in [4.78, 5) is 10.6. The standard InChI is InChI=1S/C13H9ClO3/c14-12-11(6-3-9(7-15)13(12)17)8-1-4-10(16)5-2-8/h1-7,16-17H. The Morgan fingerprint density at radius 1 is 1.00 bits per heavy atom. The average molecular weight is 249 g/mol. The number of benzene rings is 2. The van der Waals surface area contributed by atoms with E-state index >= 15 is 0 Å². The van der Waals surface area contributed by atoms with Crippen molar-refractivity contribution in [1.82, 2.24) is 0 Å². The number of aromatic hydroxyl groups is 2. The maximum atomic E-state index is 10.6. The van der Waals surface area contributed by atoms with Gasteiger partial charge < -0.3 is 10.2 Å². The zero-order valence-corrected chi connectivity index (χ0v) is 9.48. The number of aldehydes is 1. The van der Waals surface area contributed by atoms with E-state index in [1.807, 2.05) is 0 Å². The summed E-state index contributed by atoms with van der Waals surface area (Å²) >= 11 is 5.98. The Bertz CT molecular complexity index is 562. The summed E-state index contributed by atoms with van der Waals surface area (Å²) in [6.07, 6.45) is 0.543. The molecule has 0 aromatic heterocycles. The molecule has 0 radical (unpaired) electrons. The Morgan fingerprint density at radius 2 is 1.65 bits per heavy atom. The molecule has 0 heterocycles. The lowest BCUT2D eigenvalue weighted by Gasteiger charge is -2.07. The van der Waals surface area contributed by atoms with Gasteiger partial charge in [-0.3, -0.25) is 4.79 Å². The third-order valence-electron chi connectivity index (χ3n) is 2.45. The van der Waals surface area contributed by atoms with Crippen LogP contribution in [0.25, 0.3) is 11.1 Å². The summed E-state index contributed by atoms with van der Waals surface area (Å²) in [7, 11) is 0. The van der Waals surface area contributed by atoms with Crippen molar-refractivity contribution >= 4 is 17.9 Å². The van der Waals surface area contributed by atoms with Gasteiger partial charge in [-0.2, -0.15) is 0 Å². The monoisotopic (exact) mass is 248 g/mol. The predicted octanol–water partition coefficient (Wildman–Crippen LogP) is 3.23. The van der Waals surface area contributed by atoms with E-state index < -0.39 is 0 Å². The van der Waals surface area contributed by atoms with Crippen LogP contribution in [0.5, 0.6) is 11.5 Å². The zero-order chi connectivity index (χ0) is 12.4. The second-order valence-corrected chi connectivity index (χ2v) is 3.91. The van der Waals surface area contributed by atoms with Crippen molar-refractivity contribution in [2.45, 2.75) is 0 Å². The van der Waals surface area contributed by atoms with Crippen molar-refractivity contribution < 1.29 is 15.0 Å². The van der Waals surface area contributed by atoms with Crippen LogP contribution in [0, 0.1) is 0 Å². The van der Waals surface area contributed by atoms with Gasteiger partial charge in [-0.25, -0.2) is 0 Å². The molecule has 0 unspecified atom stereocenters. The Labute approximate surface area is 103 Å². The number of hydrogen-bond acceptors (Lipinski definition) is 3. The van der Waals surface area contributed by atoms with Crippen LogP contribution in [-0.2, 0) is 0 Å². The smallest absolute Gasteiger partial charge is 0.153 e. The van der Waals surface area contributed by atoms with E-state index in [1.54, 1.807) is 18.2 Å². The van der Waals surface area contributed by atoms with Crippen molar-refractivity contribution in [3.05, 3.63) is 47.0 Å². The molecule has 0 spiro atoms. The van der Waals surface area contributed by atoms with Gasteiger partial charge in [-0.15, -0.1) is 0 Å². The first-order valence-electron chi connectivity index (χ1n) is 4.89. The Morgan fingerprint density at radius 3 is 2.24 bits per heavy atom. The second kappa shape index (κ2) is 4.47. The number of hydrogen-bond donors (Lipinski definition) is 2. The van der Waals surface area contributed by atoms with Crippen LogP contribution in [0.4, 0.5) is 0 Å². The van der Waals surface area contributed by atoms with Crippen LogP contribution >= 0.6 is 11.6 Å². The minimum atomic E-state index is -0.229. The zero-order valence-electron chi connectivity index (χ0n) is 8.72. The molecule has 2 aromatic carbocycles. The van der Waals surface area contributed by atoms with Crippen molar-refractivity contribution in [1.29, 1.82) is 0 Å². The first kappa shape index (κ1) is 11.5. The quantitative estimate of drug-likeness (QED) is 0.803. The lowest BCUT2D eigenvalue weighted by atomic mass is 10.0. The van der Waals surface area contributed by atoms with Gasteiger partial charge in [-0.1, -0.05) is 29.8 Å². The van der Waals surface area contributed by atoms with Crippen LogP contribution in [0.1, 0.15) is 10.4 Å². The molecule has 0 aliphatic rings. The van der Waals surface area contributed by atoms with Crippen LogP contribution in [0.2, 0.25) is 5.02 Å². The fraction of sp³-hybridized carbons (Fsp3) is 0. The number of halogens is 1. The third kappa shape index (κ3) is 2.10. The lowest BCUT2D eigenvalue weighted by molar-refractivity contribution is 0.112. The average Bonchev–Trinajstić information content (AvgIpc) is 2.34. The maximum Gasteiger partial charge on any atom is 0.153 e. The van der Waals surface area contributed by atoms with Crippen LogP contribution in [0.15, 0.2) is 36.4 Å². The summed E-state index contributed by atoms with van der Waals surface area (Å²) in [5.41, 5.74) is 1.51. The molecule has 4 heteroatoms. The van der Waals surface area contributed by atoms with E-state index in [1.165, 1.54) is 18.2 Å². The number of phenols is 2. The van der Waals surface area contributed by atoms with Gasteiger partial charge in [0.25, 0.3) is 0 Å². The van der Waals surface area contributed by atoms with Crippen molar-refractivity contribution in [3.8, 4) is 22.6 Å². The van der Waals surface area contributed by atoms with E-state index in [0.29, 0.717) is 11.8 Å². The van der Waals surface area contributed by atoms with E-state index in [9.17, 15) is 15.0 Å². The van der Waals surface area contributed by atoms with Gasteiger partial charge in [0.05, 0.1) is 10.6 Å². The molecular formula is C13H9ClO3. The highest BCUT2D eigenvalue weighted by Gasteiger charge is 2.11.